The predicted octanol–water partition coefficient (Wildman–Crippen LogP) is 2.59. The van der Waals surface area contributed by atoms with Gasteiger partial charge in [0, 0.05) is 24.5 Å². The zero-order valence-corrected chi connectivity index (χ0v) is 11.9. The Morgan fingerprint density at radius 1 is 1.58 bits per heavy atom. The maximum absolute atomic E-state index is 5.39. The number of likely N-dealkylation sites (tertiary alicyclic amines) is 1. The zero-order chi connectivity index (χ0) is 13.1. The van der Waals surface area contributed by atoms with Gasteiger partial charge >= 0.3 is 0 Å². The molecule has 0 radical (unpaired) electrons. The second kappa shape index (κ2) is 5.86. The summed E-state index contributed by atoms with van der Waals surface area (Å²) < 4.78 is 5.39. The number of nitrogens with zero attached hydrogens (tertiary/aromatic N) is 2. The third kappa shape index (κ3) is 2.88. The minimum Gasteiger partial charge on any atom is -0.462 e. The van der Waals surface area contributed by atoms with Gasteiger partial charge in [-0.05, 0) is 38.6 Å². The Bertz CT molecular complexity index is 509. The SMILES string of the molecule is CNCC1CCCN1Cc1csc(-c2ccco2)n1. The lowest BCUT2D eigenvalue weighted by atomic mass is 10.2. The van der Waals surface area contributed by atoms with Crippen LogP contribution in [-0.4, -0.2) is 36.1 Å². The maximum Gasteiger partial charge on any atom is 0.162 e. The van der Waals surface area contributed by atoms with Crippen molar-refractivity contribution in [2.75, 3.05) is 20.1 Å². The summed E-state index contributed by atoms with van der Waals surface area (Å²) in [4.78, 5) is 7.20. The normalized spacial score (nSPS) is 20.2. The fourth-order valence-corrected chi connectivity index (χ4v) is 3.45. The summed E-state index contributed by atoms with van der Waals surface area (Å²) in [6.07, 6.45) is 4.28. The molecule has 1 aliphatic rings. The second-order valence-electron chi connectivity index (χ2n) is 4.95. The molecule has 0 spiro atoms. The van der Waals surface area contributed by atoms with Crippen LogP contribution in [0.3, 0.4) is 0 Å². The average molecular weight is 277 g/mol. The van der Waals surface area contributed by atoms with E-state index in [1.54, 1.807) is 17.6 Å². The number of hydrogen-bond acceptors (Lipinski definition) is 5. The van der Waals surface area contributed by atoms with Crippen LogP contribution in [0.4, 0.5) is 0 Å². The number of rotatable bonds is 5. The average Bonchev–Trinajstić information content (AvgIpc) is 3.12. The monoisotopic (exact) mass is 277 g/mol. The quantitative estimate of drug-likeness (QED) is 0.912. The van der Waals surface area contributed by atoms with Crippen LogP contribution in [-0.2, 0) is 6.54 Å². The van der Waals surface area contributed by atoms with Crippen LogP contribution in [0.1, 0.15) is 18.5 Å². The highest BCUT2D eigenvalue weighted by Gasteiger charge is 2.24. The molecule has 0 aromatic carbocycles. The molecule has 0 bridgehead atoms. The van der Waals surface area contributed by atoms with E-state index in [2.05, 4.69) is 20.6 Å². The molecule has 19 heavy (non-hydrogen) atoms. The summed E-state index contributed by atoms with van der Waals surface area (Å²) >= 11 is 1.66. The number of nitrogens with one attached hydrogen (secondary N) is 1. The molecule has 0 aliphatic carbocycles. The number of furan rings is 1. The van der Waals surface area contributed by atoms with Gasteiger partial charge in [-0.25, -0.2) is 4.98 Å². The summed E-state index contributed by atoms with van der Waals surface area (Å²) in [5.41, 5.74) is 1.15. The number of aromatic nitrogens is 1. The van der Waals surface area contributed by atoms with Gasteiger partial charge in [0.05, 0.1) is 12.0 Å². The number of hydrogen-bond donors (Lipinski definition) is 1. The summed E-state index contributed by atoms with van der Waals surface area (Å²) in [5, 5.41) is 6.40. The van der Waals surface area contributed by atoms with Gasteiger partial charge in [-0.1, -0.05) is 0 Å². The van der Waals surface area contributed by atoms with Gasteiger partial charge in [0.25, 0.3) is 0 Å². The first kappa shape index (κ1) is 12.8. The Hall–Kier alpha value is -1.17. The van der Waals surface area contributed by atoms with Crippen LogP contribution in [0.25, 0.3) is 10.8 Å². The van der Waals surface area contributed by atoms with Crippen molar-refractivity contribution in [2.45, 2.75) is 25.4 Å². The molecule has 0 amide bonds. The third-order valence-corrected chi connectivity index (χ3v) is 4.49. The first-order chi connectivity index (χ1) is 9.36. The first-order valence-electron chi connectivity index (χ1n) is 6.74. The Labute approximate surface area is 117 Å². The van der Waals surface area contributed by atoms with E-state index in [1.807, 2.05) is 19.2 Å². The zero-order valence-electron chi connectivity index (χ0n) is 11.1. The van der Waals surface area contributed by atoms with Gasteiger partial charge in [0.2, 0.25) is 0 Å². The van der Waals surface area contributed by atoms with Crippen LogP contribution in [0.15, 0.2) is 28.2 Å². The predicted molar refractivity (Wildman–Crippen MR) is 77.2 cm³/mol. The molecule has 1 fully saturated rings. The van der Waals surface area contributed by atoms with Gasteiger partial charge < -0.3 is 9.73 Å². The lowest BCUT2D eigenvalue weighted by Gasteiger charge is -2.23. The van der Waals surface area contributed by atoms with Crippen LogP contribution in [0.5, 0.6) is 0 Å². The van der Waals surface area contributed by atoms with Crippen molar-refractivity contribution in [3.05, 3.63) is 29.5 Å². The van der Waals surface area contributed by atoms with E-state index in [9.17, 15) is 0 Å². The Kier molecular flexibility index (Phi) is 3.96. The summed E-state index contributed by atoms with van der Waals surface area (Å²) in [7, 11) is 2.02. The molecule has 1 atom stereocenters. The molecule has 5 heteroatoms. The summed E-state index contributed by atoms with van der Waals surface area (Å²) in [5.74, 6) is 0.865. The van der Waals surface area contributed by atoms with E-state index in [0.29, 0.717) is 6.04 Å². The molecule has 1 N–H and O–H groups in total. The molecule has 3 rings (SSSR count). The molecule has 4 nitrogen and oxygen atoms in total. The van der Waals surface area contributed by atoms with Gasteiger partial charge in [-0.15, -0.1) is 11.3 Å². The first-order valence-corrected chi connectivity index (χ1v) is 7.61. The lowest BCUT2D eigenvalue weighted by Crippen LogP contribution is -2.36. The molecule has 0 saturated carbocycles. The molecule has 2 aromatic rings. The fourth-order valence-electron chi connectivity index (χ4n) is 2.67. The minimum atomic E-state index is 0.652. The van der Waals surface area contributed by atoms with E-state index in [4.69, 9.17) is 4.42 Å². The van der Waals surface area contributed by atoms with Crippen LogP contribution >= 0.6 is 11.3 Å². The summed E-state index contributed by atoms with van der Waals surface area (Å²) in [6, 6.07) is 4.51. The molecular weight excluding hydrogens is 258 g/mol. The smallest absolute Gasteiger partial charge is 0.162 e. The van der Waals surface area contributed by atoms with Crippen molar-refractivity contribution in [3.8, 4) is 10.8 Å². The van der Waals surface area contributed by atoms with Crippen LogP contribution in [0, 0.1) is 0 Å². The topological polar surface area (TPSA) is 41.3 Å². The number of thiazole rings is 1. The molecule has 1 saturated heterocycles. The standard InChI is InChI=1S/C14H19N3OS/c1-15-8-12-4-2-6-17(12)9-11-10-19-14(16-11)13-5-3-7-18-13/h3,5,7,10,12,15H,2,4,6,8-9H2,1H3. The molecule has 3 heterocycles. The van der Waals surface area contributed by atoms with Crippen molar-refractivity contribution < 1.29 is 4.42 Å². The van der Waals surface area contributed by atoms with E-state index in [1.165, 1.54) is 19.4 Å². The minimum absolute atomic E-state index is 0.652. The van der Waals surface area contributed by atoms with E-state index < -0.39 is 0 Å². The highest BCUT2D eigenvalue weighted by molar-refractivity contribution is 7.13. The Morgan fingerprint density at radius 3 is 3.32 bits per heavy atom. The van der Waals surface area contributed by atoms with E-state index in [0.717, 1.165) is 29.6 Å². The van der Waals surface area contributed by atoms with E-state index >= 15 is 0 Å². The largest absolute Gasteiger partial charge is 0.462 e. The van der Waals surface area contributed by atoms with E-state index in [-0.39, 0.29) is 0 Å². The highest BCUT2D eigenvalue weighted by atomic mass is 32.1. The number of likely N-dealkylation sites (N-methyl/N-ethyl adjacent to an activating group) is 1. The molecular formula is C14H19N3OS. The Morgan fingerprint density at radius 2 is 2.53 bits per heavy atom. The molecule has 2 aromatic heterocycles. The van der Waals surface area contributed by atoms with Gasteiger partial charge in [0.1, 0.15) is 0 Å². The lowest BCUT2D eigenvalue weighted by molar-refractivity contribution is 0.240. The van der Waals surface area contributed by atoms with Crippen LogP contribution in [0.2, 0.25) is 0 Å². The fraction of sp³-hybridized carbons (Fsp3) is 0.500. The van der Waals surface area contributed by atoms with Crippen molar-refractivity contribution in [1.82, 2.24) is 15.2 Å². The molecule has 102 valence electrons. The van der Waals surface area contributed by atoms with Crippen LogP contribution < -0.4 is 5.32 Å². The van der Waals surface area contributed by atoms with Crippen molar-refractivity contribution >= 4 is 11.3 Å². The highest BCUT2D eigenvalue weighted by Crippen LogP contribution is 2.26. The van der Waals surface area contributed by atoms with Crippen molar-refractivity contribution in [1.29, 1.82) is 0 Å². The van der Waals surface area contributed by atoms with Gasteiger partial charge in [-0.3, -0.25) is 4.90 Å². The second-order valence-corrected chi connectivity index (χ2v) is 5.80. The van der Waals surface area contributed by atoms with Gasteiger partial charge in [-0.2, -0.15) is 0 Å². The molecule has 1 unspecified atom stereocenters. The van der Waals surface area contributed by atoms with Crippen molar-refractivity contribution in [2.24, 2.45) is 0 Å². The maximum atomic E-state index is 5.39. The summed E-state index contributed by atoms with van der Waals surface area (Å²) in [6.45, 7) is 3.19. The van der Waals surface area contributed by atoms with Gasteiger partial charge in [0.15, 0.2) is 10.8 Å². The van der Waals surface area contributed by atoms with Crippen molar-refractivity contribution in [3.63, 3.8) is 0 Å². The Balaban J connectivity index is 1.67. The third-order valence-electron chi connectivity index (χ3n) is 3.59. The molecule has 1 aliphatic heterocycles.